The lowest BCUT2D eigenvalue weighted by molar-refractivity contribution is 0.240. The molecule has 0 saturated heterocycles. The van der Waals surface area contributed by atoms with Gasteiger partial charge in [0.25, 0.3) is 0 Å². The third-order valence-corrected chi connectivity index (χ3v) is 3.60. The lowest BCUT2D eigenvalue weighted by atomic mass is 10.1. The molecule has 0 atom stereocenters. The number of hydrogen-bond acceptors (Lipinski definition) is 3. The molecule has 1 aromatic heterocycles. The zero-order chi connectivity index (χ0) is 13.0. The predicted molar refractivity (Wildman–Crippen MR) is 71.7 cm³/mol. The molecule has 1 aromatic rings. The molecule has 100 valence electrons. The zero-order valence-electron chi connectivity index (χ0n) is 11.4. The van der Waals surface area contributed by atoms with Crippen molar-refractivity contribution in [2.24, 2.45) is 5.92 Å². The maximum absolute atomic E-state index is 9.26. The highest BCUT2D eigenvalue weighted by Crippen LogP contribution is 2.26. The monoisotopic (exact) mass is 249 g/mol. The van der Waals surface area contributed by atoms with Crippen LogP contribution in [0.15, 0.2) is 12.1 Å². The molecule has 0 spiro atoms. The summed E-state index contributed by atoms with van der Waals surface area (Å²) in [6.07, 6.45) is 5.21. The number of aromatic nitrogens is 1. The van der Waals surface area contributed by atoms with Gasteiger partial charge in [-0.05, 0) is 36.3 Å². The summed E-state index contributed by atoms with van der Waals surface area (Å²) >= 11 is 0. The summed E-state index contributed by atoms with van der Waals surface area (Å²) in [5.74, 6) is 1.70. The number of pyridine rings is 1. The molecule has 2 rings (SSSR count). The van der Waals surface area contributed by atoms with Crippen LogP contribution >= 0.6 is 0 Å². The second-order valence-corrected chi connectivity index (χ2v) is 5.51. The minimum absolute atomic E-state index is 0.0437. The minimum atomic E-state index is 0.0437. The van der Waals surface area contributed by atoms with Crippen molar-refractivity contribution >= 4 is 0 Å². The first-order valence-electron chi connectivity index (χ1n) is 6.93. The number of aliphatic hydroxyl groups excluding tert-OH is 1. The van der Waals surface area contributed by atoms with E-state index >= 15 is 0 Å². The number of aliphatic hydroxyl groups is 1. The first-order valence-corrected chi connectivity index (χ1v) is 6.93. The Bertz CT molecular complexity index is 384. The SMILES string of the molecule is CC(C)c1cc(CO)cc(OCC2CCCC2)n1. The maximum Gasteiger partial charge on any atom is 0.213 e. The van der Waals surface area contributed by atoms with E-state index in [0.29, 0.717) is 17.7 Å². The van der Waals surface area contributed by atoms with E-state index in [2.05, 4.69) is 18.8 Å². The van der Waals surface area contributed by atoms with Crippen LogP contribution in [0.3, 0.4) is 0 Å². The summed E-state index contributed by atoms with van der Waals surface area (Å²) in [5, 5.41) is 9.26. The molecule has 3 heteroatoms. The quantitative estimate of drug-likeness (QED) is 0.871. The fourth-order valence-electron chi connectivity index (χ4n) is 2.42. The zero-order valence-corrected chi connectivity index (χ0v) is 11.4. The lowest BCUT2D eigenvalue weighted by Gasteiger charge is -2.13. The molecule has 1 saturated carbocycles. The summed E-state index contributed by atoms with van der Waals surface area (Å²) in [7, 11) is 0. The second kappa shape index (κ2) is 6.19. The van der Waals surface area contributed by atoms with Gasteiger partial charge < -0.3 is 9.84 Å². The molecule has 0 radical (unpaired) electrons. The van der Waals surface area contributed by atoms with Gasteiger partial charge in [-0.1, -0.05) is 26.7 Å². The fraction of sp³-hybridized carbons (Fsp3) is 0.667. The normalized spacial score (nSPS) is 16.4. The van der Waals surface area contributed by atoms with Crippen LogP contribution in [0.2, 0.25) is 0 Å². The topological polar surface area (TPSA) is 42.4 Å². The highest BCUT2D eigenvalue weighted by atomic mass is 16.5. The van der Waals surface area contributed by atoms with Crippen LogP contribution in [0.1, 0.15) is 56.7 Å². The van der Waals surface area contributed by atoms with Crippen LogP contribution in [0.4, 0.5) is 0 Å². The summed E-state index contributed by atoms with van der Waals surface area (Å²) in [4.78, 5) is 4.51. The Labute approximate surface area is 109 Å². The van der Waals surface area contributed by atoms with Crippen molar-refractivity contribution < 1.29 is 9.84 Å². The maximum atomic E-state index is 9.26. The van der Waals surface area contributed by atoms with Crippen LogP contribution in [-0.4, -0.2) is 16.7 Å². The van der Waals surface area contributed by atoms with Crippen molar-refractivity contribution in [1.82, 2.24) is 4.98 Å². The van der Waals surface area contributed by atoms with Gasteiger partial charge in [0.2, 0.25) is 5.88 Å². The standard InChI is InChI=1S/C15H23NO2/c1-11(2)14-7-13(9-17)8-15(16-14)18-10-12-5-3-4-6-12/h7-8,11-12,17H,3-6,9-10H2,1-2H3. The fourth-order valence-corrected chi connectivity index (χ4v) is 2.42. The van der Waals surface area contributed by atoms with Crippen molar-refractivity contribution in [1.29, 1.82) is 0 Å². The van der Waals surface area contributed by atoms with Gasteiger partial charge in [-0.2, -0.15) is 0 Å². The molecule has 0 bridgehead atoms. The van der Waals surface area contributed by atoms with Crippen LogP contribution in [0.25, 0.3) is 0 Å². The average Bonchev–Trinajstić information content (AvgIpc) is 2.89. The molecule has 0 aliphatic heterocycles. The van der Waals surface area contributed by atoms with Gasteiger partial charge in [-0.25, -0.2) is 4.98 Å². The van der Waals surface area contributed by atoms with Gasteiger partial charge >= 0.3 is 0 Å². The third kappa shape index (κ3) is 3.45. The Kier molecular flexibility index (Phi) is 4.59. The number of ether oxygens (including phenoxy) is 1. The van der Waals surface area contributed by atoms with E-state index in [1.807, 2.05) is 12.1 Å². The highest BCUT2D eigenvalue weighted by Gasteiger charge is 2.16. The Hall–Kier alpha value is -1.09. The van der Waals surface area contributed by atoms with Crippen LogP contribution in [-0.2, 0) is 6.61 Å². The van der Waals surface area contributed by atoms with E-state index in [1.54, 1.807) is 0 Å². The van der Waals surface area contributed by atoms with E-state index in [0.717, 1.165) is 17.9 Å². The van der Waals surface area contributed by atoms with Gasteiger partial charge in [-0.3, -0.25) is 0 Å². The first kappa shape index (κ1) is 13.3. The van der Waals surface area contributed by atoms with Crippen molar-refractivity contribution in [2.45, 2.75) is 52.1 Å². The van der Waals surface area contributed by atoms with Gasteiger partial charge in [0.1, 0.15) is 0 Å². The molecule has 1 fully saturated rings. The van der Waals surface area contributed by atoms with E-state index in [9.17, 15) is 5.11 Å². The molecular weight excluding hydrogens is 226 g/mol. The largest absolute Gasteiger partial charge is 0.477 e. The molecular formula is C15H23NO2. The molecule has 0 amide bonds. The molecule has 0 aromatic carbocycles. The summed E-state index contributed by atoms with van der Waals surface area (Å²) in [5.41, 5.74) is 1.87. The molecule has 1 heterocycles. The summed E-state index contributed by atoms with van der Waals surface area (Å²) in [6.45, 7) is 5.01. The Morgan fingerprint density at radius 3 is 2.67 bits per heavy atom. The van der Waals surface area contributed by atoms with Crippen LogP contribution < -0.4 is 4.74 Å². The van der Waals surface area contributed by atoms with E-state index in [4.69, 9.17) is 4.74 Å². The van der Waals surface area contributed by atoms with E-state index in [-0.39, 0.29) is 6.61 Å². The van der Waals surface area contributed by atoms with Crippen molar-refractivity contribution in [3.05, 3.63) is 23.4 Å². The van der Waals surface area contributed by atoms with Crippen molar-refractivity contribution in [2.75, 3.05) is 6.61 Å². The highest BCUT2D eigenvalue weighted by molar-refractivity contribution is 5.26. The smallest absolute Gasteiger partial charge is 0.213 e. The minimum Gasteiger partial charge on any atom is -0.477 e. The molecule has 1 aliphatic rings. The second-order valence-electron chi connectivity index (χ2n) is 5.51. The van der Waals surface area contributed by atoms with Gasteiger partial charge in [0.05, 0.1) is 13.2 Å². The third-order valence-electron chi connectivity index (χ3n) is 3.60. The lowest BCUT2D eigenvalue weighted by Crippen LogP contribution is -2.10. The predicted octanol–water partition coefficient (Wildman–Crippen LogP) is 3.27. The number of rotatable bonds is 5. The summed E-state index contributed by atoms with van der Waals surface area (Å²) in [6, 6.07) is 3.80. The van der Waals surface area contributed by atoms with Crippen LogP contribution in [0, 0.1) is 5.92 Å². The molecule has 1 N–H and O–H groups in total. The Morgan fingerprint density at radius 2 is 2.06 bits per heavy atom. The molecule has 0 unspecified atom stereocenters. The van der Waals surface area contributed by atoms with E-state index < -0.39 is 0 Å². The van der Waals surface area contributed by atoms with Gasteiger partial charge in [0, 0.05) is 11.8 Å². The summed E-state index contributed by atoms with van der Waals surface area (Å²) < 4.78 is 5.80. The van der Waals surface area contributed by atoms with Crippen LogP contribution in [0.5, 0.6) is 5.88 Å². The molecule has 1 aliphatic carbocycles. The van der Waals surface area contributed by atoms with E-state index in [1.165, 1.54) is 25.7 Å². The molecule has 3 nitrogen and oxygen atoms in total. The average molecular weight is 249 g/mol. The number of hydrogen-bond donors (Lipinski definition) is 1. The number of nitrogens with zero attached hydrogens (tertiary/aromatic N) is 1. The van der Waals surface area contributed by atoms with Gasteiger partial charge in [0.15, 0.2) is 0 Å². The first-order chi connectivity index (χ1) is 8.69. The van der Waals surface area contributed by atoms with Crippen molar-refractivity contribution in [3.63, 3.8) is 0 Å². The Morgan fingerprint density at radius 1 is 1.33 bits per heavy atom. The van der Waals surface area contributed by atoms with Gasteiger partial charge in [-0.15, -0.1) is 0 Å². The molecule has 18 heavy (non-hydrogen) atoms. The Balaban J connectivity index is 2.03. The van der Waals surface area contributed by atoms with Crippen molar-refractivity contribution in [3.8, 4) is 5.88 Å².